The van der Waals surface area contributed by atoms with Crippen molar-refractivity contribution in [3.8, 4) is 0 Å². The lowest BCUT2D eigenvalue weighted by Crippen LogP contribution is -2.29. The minimum atomic E-state index is -0.743. The fourth-order valence-corrected chi connectivity index (χ4v) is 0.619. The van der Waals surface area contributed by atoms with Gasteiger partial charge in [0.25, 0.3) is 0 Å². The summed E-state index contributed by atoms with van der Waals surface area (Å²) in [6.07, 6.45) is 0. The molecule has 7 heteroatoms. The first-order valence-electron chi connectivity index (χ1n) is 2.90. The highest BCUT2D eigenvalue weighted by molar-refractivity contribution is 5.91. The molecular weight excluding hydrogens is 166 g/mol. The molecule has 0 saturated heterocycles. The van der Waals surface area contributed by atoms with Crippen LogP contribution in [0, 0.1) is 10.1 Å². The van der Waals surface area contributed by atoms with Crippen LogP contribution in [0.3, 0.4) is 0 Å². The maximum atomic E-state index is 10.7. The van der Waals surface area contributed by atoms with Crippen molar-refractivity contribution in [1.29, 1.82) is 0 Å². The van der Waals surface area contributed by atoms with Crippen molar-refractivity contribution < 1.29 is 14.1 Å². The summed E-state index contributed by atoms with van der Waals surface area (Å²) in [4.78, 5) is 20.0. The second-order valence-electron chi connectivity index (χ2n) is 1.87. The standard InChI is InChI=1S/C5H5N3O4/c6-7-5(9)3-1-2-4(12-3)8(10)11/h1-2H,6H2,(H,7,9). The Hall–Kier alpha value is -1.89. The van der Waals surface area contributed by atoms with Crippen LogP contribution in [0.15, 0.2) is 16.5 Å². The van der Waals surface area contributed by atoms with E-state index >= 15 is 0 Å². The predicted octanol–water partition coefficient (Wildman–Crippen LogP) is -0.209. The van der Waals surface area contributed by atoms with Gasteiger partial charge in [-0.15, -0.1) is 0 Å². The van der Waals surface area contributed by atoms with Crippen LogP contribution in [0.5, 0.6) is 0 Å². The third kappa shape index (κ3) is 1.40. The number of hydrazine groups is 1. The lowest BCUT2D eigenvalue weighted by atomic mass is 10.4. The largest absolute Gasteiger partial charge is 0.433 e. The van der Waals surface area contributed by atoms with Crippen molar-refractivity contribution in [3.63, 3.8) is 0 Å². The maximum absolute atomic E-state index is 10.7. The van der Waals surface area contributed by atoms with Crippen LogP contribution in [-0.2, 0) is 0 Å². The molecule has 0 aromatic carbocycles. The summed E-state index contributed by atoms with van der Waals surface area (Å²) in [5.74, 6) is 3.37. The molecule has 12 heavy (non-hydrogen) atoms. The van der Waals surface area contributed by atoms with E-state index < -0.39 is 16.7 Å². The molecule has 0 spiro atoms. The summed E-state index contributed by atoms with van der Waals surface area (Å²) in [5, 5.41) is 10.1. The fourth-order valence-electron chi connectivity index (χ4n) is 0.619. The minimum Gasteiger partial charge on any atom is -0.395 e. The number of rotatable bonds is 2. The van der Waals surface area contributed by atoms with Crippen LogP contribution >= 0.6 is 0 Å². The van der Waals surface area contributed by atoms with E-state index in [1.54, 1.807) is 5.43 Å². The molecule has 1 aromatic rings. The molecule has 1 heterocycles. The molecule has 3 N–H and O–H groups in total. The van der Waals surface area contributed by atoms with E-state index in [0.29, 0.717) is 0 Å². The average molecular weight is 171 g/mol. The summed E-state index contributed by atoms with van der Waals surface area (Å²) in [6, 6.07) is 2.24. The zero-order valence-corrected chi connectivity index (χ0v) is 5.81. The topological polar surface area (TPSA) is 111 Å². The Morgan fingerprint density at radius 2 is 2.33 bits per heavy atom. The zero-order chi connectivity index (χ0) is 9.14. The SMILES string of the molecule is NNC(=O)c1ccc([N+](=O)[O-])o1. The Labute approximate surface area is 66.3 Å². The molecule has 7 nitrogen and oxygen atoms in total. The van der Waals surface area contributed by atoms with Crippen LogP contribution in [0.25, 0.3) is 0 Å². The van der Waals surface area contributed by atoms with Gasteiger partial charge in [-0.2, -0.15) is 0 Å². The average Bonchev–Trinajstić information content (AvgIpc) is 2.51. The molecular formula is C5H5N3O4. The fraction of sp³-hybridized carbons (Fsp3) is 0. The maximum Gasteiger partial charge on any atom is 0.433 e. The first-order chi connectivity index (χ1) is 5.65. The van der Waals surface area contributed by atoms with Crippen molar-refractivity contribution in [3.05, 3.63) is 28.0 Å². The van der Waals surface area contributed by atoms with Gasteiger partial charge in [0.2, 0.25) is 0 Å². The van der Waals surface area contributed by atoms with E-state index in [0.717, 1.165) is 6.07 Å². The molecule has 64 valence electrons. The molecule has 0 unspecified atom stereocenters. The van der Waals surface area contributed by atoms with Gasteiger partial charge in [0.15, 0.2) is 5.76 Å². The van der Waals surface area contributed by atoms with E-state index in [1.807, 2.05) is 0 Å². The van der Waals surface area contributed by atoms with Crippen molar-refractivity contribution >= 4 is 11.8 Å². The number of nitrogen functional groups attached to an aromatic ring is 1. The van der Waals surface area contributed by atoms with Gasteiger partial charge in [0, 0.05) is 0 Å². The Balaban J connectivity index is 2.91. The van der Waals surface area contributed by atoms with E-state index in [2.05, 4.69) is 4.42 Å². The first kappa shape index (κ1) is 8.21. The number of hydrogen-bond donors (Lipinski definition) is 2. The molecule has 0 atom stereocenters. The number of hydrogen-bond acceptors (Lipinski definition) is 5. The Morgan fingerprint density at radius 1 is 1.67 bits per heavy atom. The molecule has 0 aliphatic rings. The minimum absolute atomic E-state index is 0.191. The molecule has 1 amide bonds. The van der Waals surface area contributed by atoms with E-state index in [1.165, 1.54) is 6.07 Å². The summed E-state index contributed by atoms with van der Waals surface area (Å²) in [5.41, 5.74) is 1.78. The Morgan fingerprint density at radius 3 is 2.75 bits per heavy atom. The monoisotopic (exact) mass is 171 g/mol. The van der Waals surface area contributed by atoms with Crippen LogP contribution in [0.2, 0.25) is 0 Å². The lowest BCUT2D eigenvalue weighted by molar-refractivity contribution is -0.402. The van der Waals surface area contributed by atoms with Gasteiger partial charge in [-0.1, -0.05) is 0 Å². The van der Waals surface area contributed by atoms with Crippen molar-refractivity contribution in [1.82, 2.24) is 5.43 Å². The van der Waals surface area contributed by atoms with Gasteiger partial charge < -0.3 is 4.42 Å². The predicted molar refractivity (Wildman–Crippen MR) is 37.0 cm³/mol. The summed E-state index contributed by atoms with van der Waals surface area (Å²) < 4.78 is 4.51. The van der Waals surface area contributed by atoms with Crippen molar-refractivity contribution in [2.75, 3.05) is 0 Å². The number of carbonyl (C=O) groups is 1. The summed E-state index contributed by atoms with van der Waals surface area (Å²) in [6.45, 7) is 0. The highest BCUT2D eigenvalue weighted by Gasteiger charge is 2.15. The van der Waals surface area contributed by atoms with Gasteiger partial charge in [0.05, 0.1) is 6.07 Å². The third-order valence-electron chi connectivity index (χ3n) is 1.13. The summed E-state index contributed by atoms with van der Waals surface area (Å²) >= 11 is 0. The second-order valence-corrected chi connectivity index (χ2v) is 1.87. The van der Waals surface area contributed by atoms with Crippen LogP contribution in [-0.4, -0.2) is 10.8 Å². The molecule has 0 aliphatic carbocycles. The van der Waals surface area contributed by atoms with E-state index in [9.17, 15) is 14.9 Å². The summed E-state index contributed by atoms with van der Waals surface area (Å²) in [7, 11) is 0. The van der Waals surface area contributed by atoms with E-state index in [-0.39, 0.29) is 5.76 Å². The number of furan rings is 1. The number of nitrogens with one attached hydrogen (secondary N) is 1. The third-order valence-corrected chi connectivity index (χ3v) is 1.13. The van der Waals surface area contributed by atoms with E-state index in [4.69, 9.17) is 5.84 Å². The first-order valence-corrected chi connectivity index (χ1v) is 2.90. The molecule has 0 bridgehead atoms. The molecule has 0 radical (unpaired) electrons. The molecule has 1 rings (SSSR count). The molecule has 0 saturated carbocycles. The van der Waals surface area contributed by atoms with Gasteiger partial charge in [-0.3, -0.25) is 20.3 Å². The highest BCUT2D eigenvalue weighted by Crippen LogP contribution is 2.14. The highest BCUT2D eigenvalue weighted by atomic mass is 16.6. The van der Waals surface area contributed by atoms with Crippen LogP contribution in [0.4, 0.5) is 5.88 Å². The van der Waals surface area contributed by atoms with Crippen molar-refractivity contribution in [2.45, 2.75) is 0 Å². The Kier molecular flexibility index (Phi) is 2.06. The number of nitrogens with zero attached hydrogens (tertiary/aromatic N) is 1. The van der Waals surface area contributed by atoms with Gasteiger partial charge in [-0.25, -0.2) is 5.84 Å². The quantitative estimate of drug-likeness (QED) is 0.277. The normalized spacial score (nSPS) is 9.42. The number of carbonyl (C=O) groups excluding carboxylic acids is 1. The molecule has 0 aliphatic heterocycles. The lowest BCUT2D eigenvalue weighted by Gasteiger charge is -1.90. The second kappa shape index (κ2) is 3.01. The van der Waals surface area contributed by atoms with Crippen LogP contribution < -0.4 is 11.3 Å². The number of nitro groups is 1. The molecule has 1 aromatic heterocycles. The Bertz CT molecular complexity index is 318. The van der Waals surface area contributed by atoms with Gasteiger partial charge in [-0.05, 0) is 6.07 Å². The number of amides is 1. The van der Waals surface area contributed by atoms with Crippen LogP contribution in [0.1, 0.15) is 10.6 Å². The van der Waals surface area contributed by atoms with Crippen molar-refractivity contribution in [2.24, 2.45) is 5.84 Å². The van der Waals surface area contributed by atoms with Gasteiger partial charge in [0.1, 0.15) is 4.92 Å². The number of nitrogens with two attached hydrogens (primary N) is 1. The smallest absolute Gasteiger partial charge is 0.395 e. The molecule has 0 fully saturated rings. The zero-order valence-electron chi connectivity index (χ0n) is 5.81. The van der Waals surface area contributed by atoms with Gasteiger partial charge >= 0.3 is 11.8 Å².